The van der Waals surface area contributed by atoms with Crippen LogP contribution in [0, 0.1) is 12.8 Å². The highest BCUT2D eigenvalue weighted by Crippen LogP contribution is 2.46. The maximum Gasteiger partial charge on any atom is 0.336 e. The molecule has 5 nitrogen and oxygen atoms in total. The monoisotopic (exact) mass is 301 g/mol. The lowest BCUT2D eigenvalue weighted by Crippen LogP contribution is -2.43. The number of carboxylic acids is 1. The largest absolute Gasteiger partial charge is 0.478 e. The van der Waals surface area contributed by atoms with E-state index in [-0.39, 0.29) is 23.4 Å². The predicted molar refractivity (Wildman–Crippen MR) is 82.2 cm³/mol. The van der Waals surface area contributed by atoms with Gasteiger partial charge in [-0.05, 0) is 37.5 Å². The Kier molecular flexibility index (Phi) is 3.64. The first kappa shape index (κ1) is 14.6. The minimum absolute atomic E-state index is 0.127. The lowest BCUT2D eigenvalue weighted by Gasteiger charge is -2.36. The quantitative estimate of drug-likeness (QED) is 0.663. The summed E-state index contributed by atoms with van der Waals surface area (Å²) in [5, 5.41) is 12.5. The average Bonchev–Trinajstić information content (AvgIpc) is 2.96. The van der Waals surface area contributed by atoms with Gasteiger partial charge in [0.15, 0.2) is 0 Å². The standard InChI is InChI=1S/C17H19NO4/c1-3-22-17(21)15-12-6-4-5-11(12)13-8-7-10(16(19)20)9(2)14(13)18-15/h4-5,7-8,11-12,15,18H,3,6H2,1-2H3,(H,19,20)/t11-,12-,15+/m0/s1. The molecule has 0 bridgehead atoms. The number of aromatic carboxylic acids is 1. The van der Waals surface area contributed by atoms with E-state index in [2.05, 4.69) is 17.5 Å². The van der Waals surface area contributed by atoms with Gasteiger partial charge in [-0.3, -0.25) is 0 Å². The number of nitrogens with one attached hydrogen (secondary N) is 1. The number of hydrogen-bond acceptors (Lipinski definition) is 4. The zero-order valence-electron chi connectivity index (χ0n) is 12.6. The second-order valence-corrected chi connectivity index (χ2v) is 5.74. The van der Waals surface area contributed by atoms with Gasteiger partial charge in [-0.1, -0.05) is 18.2 Å². The fourth-order valence-corrected chi connectivity index (χ4v) is 3.51. The molecule has 22 heavy (non-hydrogen) atoms. The van der Waals surface area contributed by atoms with Crippen LogP contribution in [0.2, 0.25) is 0 Å². The third-order valence-electron chi connectivity index (χ3n) is 4.57. The summed E-state index contributed by atoms with van der Waals surface area (Å²) in [5.41, 5.74) is 2.74. The first-order valence-corrected chi connectivity index (χ1v) is 7.51. The number of benzene rings is 1. The van der Waals surface area contributed by atoms with Crippen LogP contribution < -0.4 is 5.32 Å². The van der Waals surface area contributed by atoms with Crippen molar-refractivity contribution in [1.29, 1.82) is 0 Å². The van der Waals surface area contributed by atoms with E-state index in [1.54, 1.807) is 19.9 Å². The van der Waals surface area contributed by atoms with Crippen LogP contribution in [-0.4, -0.2) is 29.7 Å². The van der Waals surface area contributed by atoms with Crippen LogP contribution in [0.4, 0.5) is 5.69 Å². The Morgan fingerprint density at radius 3 is 2.86 bits per heavy atom. The second-order valence-electron chi connectivity index (χ2n) is 5.74. The van der Waals surface area contributed by atoms with Gasteiger partial charge in [0, 0.05) is 17.5 Å². The lowest BCUT2D eigenvalue weighted by molar-refractivity contribution is -0.145. The highest BCUT2D eigenvalue weighted by atomic mass is 16.5. The van der Waals surface area contributed by atoms with Gasteiger partial charge in [-0.25, -0.2) is 9.59 Å². The molecular weight excluding hydrogens is 282 g/mol. The predicted octanol–water partition coefficient (Wildman–Crippen LogP) is 2.71. The van der Waals surface area contributed by atoms with Crippen molar-refractivity contribution >= 4 is 17.6 Å². The summed E-state index contributed by atoms with van der Waals surface area (Å²) in [4.78, 5) is 23.6. The molecule has 0 saturated heterocycles. The van der Waals surface area contributed by atoms with E-state index in [1.807, 2.05) is 6.07 Å². The lowest BCUT2D eigenvalue weighted by atomic mass is 9.78. The van der Waals surface area contributed by atoms with E-state index in [9.17, 15) is 14.7 Å². The summed E-state index contributed by atoms with van der Waals surface area (Å²) >= 11 is 0. The third kappa shape index (κ3) is 2.17. The molecular formula is C17H19NO4. The number of carbonyl (C=O) groups is 2. The third-order valence-corrected chi connectivity index (χ3v) is 4.57. The van der Waals surface area contributed by atoms with E-state index >= 15 is 0 Å². The molecule has 5 heteroatoms. The zero-order chi connectivity index (χ0) is 15.9. The molecule has 3 rings (SSSR count). The number of hydrogen-bond donors (Lipinski definition) is 2. The molecule has 0 unspecified atom stereocenters. The average molecular weight is 301 g/mol. The van der Waals surface area contributed by atoms with Crippen molar-refractivity contribution in [2.24, 2.45) is 5.92 Å². The Bertz CT molecular complexity index is 665. The van der Waals surface area contributed by atoms with Gasteiger partial charge in [0.1, 0.15) is 6.04 Å². The van der Waals surface area contributed by atoms with Crippen LogP contribution in [0.1, 0.15) is 40.7 Å². The Morgan fingerprint density at radius 1 is 1.41 bits per heavy atom. The maximum atomic E-state index is 12.3. The van der Waals surface area contributed by atoms with Crippen molar-refractivity contribution in [3.8, 4) is 0 Å². The van der Waals surface area contributed by atoms with Gasteiger partial charge >= 0.3 is 11.9 Å². The highest BCUT2D eigenvalue weighted by Gasteiger charge is 2.42. The fourth-order valence-electron chi connectivity index (χ4n) is 3.51. The topological polar surface area (TPSA) is 75.6 Å². The molecule has 1 aliphatic carbocycles. The number of allylic oxidation sites excluding steroid dienone is 2. The number of ether oxygens (including phenoxy) is 1. The van der Waals surface area contributed by atoms with Crippen molar-refractivity contribution in [3.63, 3.8) is 0 Å². The number of carbonyl (C=O) groups excluding carboxylic acids is 1. The summed E-state index contributed by atoms with van der Waals surface area (Å²) in [7, 11) is 0. The van der Waals surface area contributed by atoms with Gasteiger partial charge in [0.25, 0.3) is 0 Å². The normalized spacial score (nSPS) is 25.1. The molecule has 1 heterocycles. The van der Waals surface area contributed by atoms with E-state index in [4.69, 9.17) is 4.74 Å². The minimum Gasteiger partial charge on any atom is -0.478 e. The minimum atomic E-state index is -0.959. The summed E-state index contributed by atoms with van der Waals surface area (Å²) in [6.45, 7) is 3.90. The number of esters is 1. The van der Waals surface area contributed by atoms with Crippen LogP contribution in [-0.2, 0) is 9.53 Å². The smallest absolute Gasteiger partial charge is 0.336 e. The van der Waals surface area contributed by atoms with Gasteiger partial charge in [-0.2, -0.15) is 0 Å². The Morgan fingerprint density at radius 2 is 2.18 bits per heavy atom. The molecule has 0 aromatic heterocycles. The molecule has 1 aromatic carbocycles. The molecule has 0 amide bonds. The summed E-state index contributed by atoms with van der Waals surface area (Å²) in [6.07, 6.45) is 5.01. The van der Waals surface area contributed by atoms with Crippen LogP contribution in [0.3, 0.4) is 0 Å². The molecule has 0 spiro atoms. The van der Waals surface area contributed by atoms with Gasteiger partial charge < -0.3 is 15.2 Å². The van der Waals surface area contributed by atoms with Gasteiger partial charge in [0.2, 0.25) is 0 Å². The first-order chi connectivity index (χ1) is 10.5. The number of carboxylic acid groups (broad SMARTS) is 1. The molecule has 116 valence electrons. The van der Waals surface area contributed by atoms with Crippen LogP contribution in [0.25, 0.3) is 0 Å². The number of rotatable bonds is 3. The zero-order valence-corrected chi connectivity index (χ0v) is 12.6. The molecule has 1 aliphatic heterocycles. The summed E-state index contributed by atoms with van der Waals surface area (Å²) in [5.74, 6) is -0.973. The summed E-state index contributed by atoms with van der Waals surface area (Å²) in [6, 6.07) is 3.06. The summed E-state index contributed by atoms with van der Waals surface area (Å²) < 4.78 is 5.18. The van der Waals surface area contributed by atoms with Crippen molar-refractivity contribution in [3.05, 3.63) is 41.0 Å². The van der Waals surface area contributed by atoms with Gasteiger partial charge in [-0.15, -0.1) is 0 Å². The SMILES string of the molecule is CCOC(=O)[C@@H]1Nc2c(ccc(C(=O)O)c2C)[C@H]2C=CC[C@@H]21. The molecule has 3 atom stereocenters. The van der Waals surface area contributed by atoms with E-state index in [1.165, 1.54) is 0 Å². The molecule has 0 saturated carbocycles. The Balaban J connectivity index is 2.06. The first-order valence-electron chi connectivity index (χ1n) is 7.51. The van der Waals surface area contributed by atoms with E-state index < -0.39 is 12.0 Å². The molecule has 0 fully saturated rings. The number of fused-ring (bicyclic) bond motifs is 3. The Hall–Kier alpha value is -2.30. The molecule has 2 aliphatic rings. The van der Waals surface area contributed by atoms with E-state index in [0.29, 0.717) is 12.2 Å². The highest BCUT2D eigenvalue weighted by molar-refractivity contribution is 5.93. The molecule has 1 aromatic rings. The maximum absolute atomic E-state index is 12.3. The van der Waals surface area contributed by atoms with Crippen molar-refractivity contribution < 1.29 is 19.4 Å². The Labute approximate surface area is 129 Å². The van der Waals surface area contributed by atoms with E-state index in [0.717, 1.165) is 17.7 Å². The fraction of sp³-hybridized carbons (Fsp3) is 0.412. The second kappa shape index (κ2) is 5.48. The number of anilines is 1. The molecule has 0 radical (unpaired) electrons. The van der Waals surface area contributed by atoms with Crippen molar-refractivity contribution in [2.45, 2.75) is 32.2 Å². The van der Waals surface area contributed by atoms with Crippen molar-refractivity contribution in [2.75, 3.05) is 11.9 Å². The van der Waals surface area contributed by atoms with Gasteiger partial charge in [0.05, 0.1) is 12.2 Å². The van der Waals surface area contributed by atoms with Crippen LogP contribution in [0.5, 0.6) is 0 Å². The molecule has 2 N–H and O–H groups in total. The van der Waals surface area contributed by atoms with Crippen LogP contribution in [0.15, 0.2) is 24.3 Å². The van der Waals surface area contributed by atoms with Crippen LogP contribution >= 0.6 is 0 Å². The van der Waals surface area contributed by atoms with Crippen molar-refractivity contribution in [1.82, 2.24) is 0 Å².